The fraction of sp³-hybridized carbons (Fsp3) is 0.630. The molecular formula is C27H40N4O6. The second-order valence-electron chi connectivity index (χ2n) is 10.6. The molecule has 0 aliphatic heterocycles. The Morgan fingerprint density at radius 2 is 1.81 bits per heavy atom. The number of hydrogen-bond acceptors (Lipinski definition) is 8. The number of amides is 1. The smallest absolute Gasteiger partial charge is 0.437 e. The first-order chi connectivity index (χ1) is 17.6. The highest BCUT2D eigenvalue weighted by Crippen LogP contribution is 2.27. The Bertz CT molecular complexity index is 1090. The third-order valence-electron chi connectivity index (χ3n) is 6.60. The fourth-order valence-electron chi connectivity index (χ4n) is 4.73. The molecule has 1 aromatic heterocycles. The van der Waals surface area contributed by atoms with E-state index in [0.29, 0.717) is 30.7 Å². The predicted octanol–water partition coefficient (Wildman–Crippen LogP) is 3.05. The first-order valence-corrected chi connectivity index (χ1v) is 13.1. The van der Waals surface area contributed by atoms with E-state index in [1.165, 1.54) is 0 Å². The Kier molecular flexibility index (Phi) is 10.0. The summed E-state index contributed by atoms with van der Waals surface area (Å²) in [7, 11) is 1.58. The Morgan fingerprint density at radius 1 is 1.14 bits per heavy atom. The molecule has 1 aliphatic rings. The van der Waals surface area contributed by atoms with Gasteiger partial charge in [-0.25, -0.2) is 4.79 Å². The molecule has 3 N–H and O–H groups in total. The van der Waals surface area contributed by atoms with Crippen molar-refractivity contribution in [2.24, 2.45) is 17.8 Å². The van der Waals surface area contributed by atoms with Crippen LogP contribution in [0.25, 0.3) is 0 Å². The molecule has 10 nitrogen and oxygen atoms in total. The number of aliphatic hydroxyl groups excluding tert-OH is 1. The molecular weight excluding hydrogens is 476 g/mol. The van der Waals surface area contributed by atoms with E-state index in [-0.39, 0.29) is 29.7 Å². The van der Waals surface area contributed by atoms with Crippen LogP contribution in [0.5, 0.6) is 5.75 Å². The lowest BCUT2D eigenvalue weighted by Crippen LogP contribution is -2.51. The molecule has 1 amide bonds. The van der Waals surface area contributed by atoms with Crippen LogP contribution in [0.2, 0.25) is 0 Å². The summed E-state index contributed by atoms with van der Waals surface area (Å²) in [5.74, 6) is -1.22. The quantitative estimate of drug-likeness (QED) is 0.289. The maximum atomic E-state index is 13.4. The average Bonchev–Trinajstić information content (AvgIpc) is 3.22. The van der Waals surface area contributed by atoms with E-state index in [0.717, 1.165) is 23.9 Å². The number of nitrogens with one attached hydrogen (secondary N) is 2. The molecule has 0 bridgehead atoms. The van der Waals surface area contributed by atoms with Crippen LogP contribution in [0.1, 0.15) is 82.3 Å². The van der Waals surface area contributed by atoms with Crippen molar-refractivity contribution in [3.05, 3.63) is 46.3 Å². The number of nitrogens with zero attached hydrogens (tertiary/aromatic N) is 2. The van der Waals surface area contributed by atoms with Gasteiger partial charge in [0.05, 0.1) is 25.6 Å². The van der Waals surface area contributed by atoms with Crippen molar-refractivity contribution in [3.8, 4) is 5.75 Å². The Morgan fingerprint density at radius 3 is 2.43 bits per heavy atom. The van der Waals surface area contributed by atoms with E-state index in [2.05, 4.69) is 15.7 Å². The number of carbonyl (C=O) groups is 2. The second kappa shape index (κ2) is 13.0. The molecule has 0 radical (unpaired) electrons. The molecule has 1 fully saturated rings. The maximum absolute atomic E-state index is 13.4. The monoisotopic (exact) mass is 516 g/mol. The molecule has 3 rings (SSSR count). The summed E-state index contributed by atoms with van der Waals surface area (Å²) in [5, 5.41) is 21.0. The van der Waals surface area contributed by atoms with Crippen LogP contribution in [0.15, 0.2) is 33.5 Å². The normalized spacial score (nSPS) is 19.6. The minimum absolute atomic E-state index is 0.107. The van der Waals surface area contributed by atoms with Gasteiger partial charge < -0.3 is 19.6 Å². The van der Waals surface area contributed by atoms with E-state index < -0.39 is 29.7 Å². The van der Waals surface area contributed by atoms with Crippen LogP contribution < -0.4 is 21.1 Å². The number of carbonyl (C=O) groups excluding carboxylic acids is 2. The van der Waals surface area contributed by atoms with Crippen LogP contribution in [0.3, 0.4) is 0 Å². The van der Waals surface area contributed by atoms with Crippen LogP contribution in [0, 0.1) is 17.8 Å². The van der Waals surface area contributed by atoms with Gasteiger partial charge in [-0.2, -0.15) is 4.68 Å². The van der Waals surface area contributed by atoms with E-state index >= 15 is 0 Å². The lowest BCUT2D eigenvalue weighted by Gasteiger charge is -2.34. The van der Waals surface area contributed by atoms with Gasteiger partial charge in [-0.1, -0.05) is 52.7 Å². The average molecular weight is 517 g/mol. The molecule has 10 heteroatoms. The van der Waals surface area contributed by atoms with Crippen LogP contribution in [-0.4, -0.2) is 45.8 Å². The summed E-state index contributed by atoms with van der Waals surface area (Å²) >= 11 is 0. The van der Waals surface area contributed by atoms with Crippen molar-refractivity contribution in [2.45, 2.75) is 84.7 Å². The molecule has 1 saturated carbocycles. The molecule has 1 aliphatic carbocycles. The number of Topliss-reactive ketones (excluding diaryl/α,β-unsaturated/α-hetero) is 1. The minimum Gasteiger partial charge on any atom is -0.497 e. The molecule has 204 valence electrons. The molecule has 1 aromatic carbocycles. The summed E-state index contributed by atoms with van der Waals surface area (Å²) in [4.78, 5) is 38.8. The molecule has 1 heterocycles. The molecule has 0 saturated heterocycles. The van der Waals surface area contributed by atoms with Gasteiger partial charge in [-0.05, 0) is 48.8 Å². The van der Waals surface area contributed by atoms with Crippen molar-refractivity contribution in [2.75, 3.05) is 7.11 Å². The number of benzene rings is 1. The lowest BCUT2D eigenvalue weighted by atomic mass is 9.83. The highest BCUT2D eigenvalue weighted by Gasteiger charge is 2.35. The summed E-state index contributed by atoms with van der Waals surface area (Å²) in [5.41, 5.74) is 0.672. The summed E-state index contributed by atoms with van der Waals surface area (Å²) in [6, 6.07) is 5.97. The Hall–Kier alpha value is -2.98. The fourth-order valence-corrected chi connectivity index (χ4v) is 4.73. The lowest BCUT2D eigenvalue weighted by molar-refractivity contribution is -0.127. The second-order valence-corrected chi connectivity index (χ2v) is 10.6. The van der Waals surface area contributed by atoms with E-state index in [1.807, 2.05) is 27.7 Å². The Labute approximate surface area is 217 Å². The first kappa shape index (κ1) is 28.6. The van der Waals surface area contributed by atoms with Gasteiger partial charge in [0.2, 0.25) is 11.7 Å². The standard InChI is InChI=1S/C27H40N4O6/c1-16(2)14-22(23(32)26-30-31(15-17(3)4)27(35)37-26)29-25(34)20-8-6-7-9-21(20)28-24(33)18-10-12-19(36-5)13-11-18/h10-13,16-17,20-22,24,28,33H,6-9,14-15H2,1-5H3,(H,29,34)/t20-,21+,22+,24?/m1/s1. The van der Waals surface area contributed by atoms with Crippen molar-refractivity contribution in [3.63, 3.8) is 0 Å². The van der Waals surface area contributed by atoms with Gasteiger partial charge in [0.1, 0.15) is 12.0 Å². The summed E-state index contributed by atoms with van der Waals surface area (Å²) < 4.78 is 11.5. The number of aliphatic hydroxyl groups is 1. The first-order valence-electron chi connectivity index (χ1n) is 13.1. The SMILES string of the molecule is COc1ccc(C(O)N[C@H]2CCCC[C@H]2C(=O)N[C@@H](CC(C)C)C(=O)c2nn(CC(C)C)c(=O)o2)cc1. The van der Waals surface area contributed by atoms with Gasteiger partial charge in [-0.15, -0.1) is 5.10 Å². The van der Waals surface area contributed by atoms with Gasteiger partial charge in [0, 0.05) is 6.04 Å². The zero-order valence-corrected chi connectivity index (χ0v) is 22.4. The number of aromatic nitrogens is 2. The third-order valence-corrected chi connectivity index (χ3v) is 6.60. The summed E-state index contributed by atoms with van der Waals surface area (Å²) in [6.45, 7) is 8.12. The van der Waals surface area contributed by atoms with Crippen LogP contribution in [0.4, 0.5) is 0 Å². The van der Waals surface area contributed by atoms with Crippen LogP contribution in [-0.2, 0) is 11.3 Å². The van der Waals surface area contributed by atoms with Crippen molar-refractivity contribution in [1.82, 2.24) is 20.4 Å². The van der Waals surface area contributed by atoms with E-state index in [1.54, 1.807) is 31.4 Å². The highest BCUT2D eigenvalue weighted by atomic mass is 16.5. The molecule has 4 atom stereocenters. The zero-order chi connectivity index (χ0) is 27.1. The van der Waals surface area contributed by atoms with Gasteiger partial charge in [0.25, 0.3) is 5.89 Å². The van der Waals surface area contributed by atoms with Crippen molar-refractivity contribution >= 4 is 11.7 Å². The number of ketones is 1. The van der Waals surface area contributed by atoms with Crippen molar-refractivity contribution in [1.29, 1.82) is 0 Å². The number of ether oxygens (including phenoxy) is 1. The predicted molar refractivity (Wildman–Crippen MR) is 138 cm³/mol. The molecule has 37 heavy (non-hydrogen) atoms. The number of rotatable bonds is 12. The summed E-state index contributed by atoms with van der Waals surface area (Å²) in [6.07, 6.45) is 2.61. The van der Waals surface area contributed by atoms with Crippen molar-refractivity contribution < 1.29 is 23.8 Å². The van der Waals surface area contributed by atoms with Gasteiger partial charge >= 0.3 is 5.76 Å². The molecule has 2 aromatic rings. The zero-order valence-electron chi connectivity index (χ0n) is 22.4. The molecule has 0 spiro atoms. The number of methoxy groups -OCH3 is 1. The molecule has 1 unspecified atom stereocenters. The largest absolute Gasteiger partial charge is 0.497 e. The van der Waals surface area contributed by atoms with E-state index in [4.69, 9.17) is 9.15 Å². The topological polar surface area (TPSA) is 136 Å². The minimum atomic E-state index is -0.948. The van der Waals surface area contributed by atoms with E-state index in [9.17, 15) is 19.5 Å². The Balaban J connectivity index is 1.73. The van der Waals surface area contributed by atoms with Crippen LogP contribution >= 0.6 is 0 Å². The van der Waals surface area contributed by atoms with Gasteiger partial charge in [-0.3, -0.25) is 14.9 Å². The number of hydrogen-bond donors (Lipinski definition) is 3. The highest BCUT2D eigenvalue weighted by molar-refractivity contribution is 5.98. The third kappa shape index (κ3) is 7.75. The maximum Gasteiger partial charge on any atom is 0.437 e. The van der Waals surface area contributed by atoms with Gasteiger partial charge in [0.15, 0.2) is 0 Å².